The van der Waals surface area contributed by atoms with Crippen molar-refractivity contribution in [3.05, 3.63) is 54.5 Å². The van der Waals surface area contributed by atoms with Gasteiger partial charge in [0.1, 0.15) is 11.5 Å². The zero-order chi connectivity index (χ0) is 18.9. The summed E-state index contributed by atoms with van der Waals surface area (Å²) in [6, 6.07) is 10.2. The number of rotatable bonds is 3. The van der Waals surface area contributed by atoms with Crippen molar-refractivity contribution in [2.75, 3.05) is 31.2 Å². The topological polar surface area (TPSA) is 79.8 Å². The van der Waals surface area contributed by atoms with Gasteiger partial charge in [0.25, 0.3) is 0 Å². The van der Waals surface area contributed by atoms with E-state index in [0.717, 1.165) is 65.4 Å². The lowest BCUT2D eigenvalue weighted by atomic mass is 10.1. The molecule has 1 N–H and O–H groups in total. The fourth-order valence-corrected chi connectivity index (χ4v) is 3.45. The molecule has 1 saturated heterocycles. The van der Waals surface area contributed by atoms with Gasteiger partial charge in [-0.1, -0.05) is 0 Å². The van der Waals surface area contributed by atoms with E-state index in [0.29, 0.717) is 5.82 Å². The van der Waals surface area contributed by atoms with Crippen LogP contribution in [-0.4, -0.2) is 51.5 Å². The maximum atomic E-state index is 5.45. The molecule has 0 bridgehead atoms. The molecule has 7 heteroatoms. The highest BCUT2D eigenvalue weighted by atomic mass is 16.5. The summed E-state index contributed by atoms with van der Waals surface area (Å²) >= 11 is 0. The van der Waals surface area contributed by atoms with Crippen molar-refractivity contribution in [3.8, 4) is 22.6 Å². The third-order valence-corrected chi connectivity index (χ3v) is 4.96. The van der Waals surface area contributed by atoms with Gasteiger partial charge in [0, 0.05) is 48.2 Å². The van der Waals surface area contributed by atoms with E-state index in [1.165, 1.54) is 0 Å². The number of hydrogen-bond donors (Lipinski definition) is 1. The van der Waals surface area contributed by atoms with E-state index in [1.54, 1.807) is 0 Å². The summed E-state index contributed by atoms with van der Waals surface area (Å²) in [5.74, 6) is 1.67. The zero-order valence-electron chi connectivity index (χ0n) is 15.6. The van der Waals surface area contributed by atoms with Crippen molar-refractivity contribution in [2.24, 2.45) is 0 Å². The van der Waals surface area contributed by atoms with E-state index in [2.05, 4.69) is 42.2 Å². The summed E-state index contributed by atoms with van der Waals surface area (Å²) in [4.78, 5) is 15.7. The fraction of sp³-hybridized carbons (Fsp3) is 0.238. The van der Waals surface area contributed by atoms with E-state index in [1.807, 2.05) is 43.7 Å². The number of benzene rings is 1. The Morgan fingerprint density at radius 2 is 1.79 bits per heavy atom. The predicted octanol–water partition coefficient (Wildman–Crippen LogP) is 3.23. The van der Waals surface area contributed by atoms with Gasteiger partial charge in [0.15, 0.2) is 5.82 Å². The molecule has 3 aromatic heterocycles. The number of fused-ring (bicyclic) bond motifs is 1. The number of hydrogen-bond acceptors (Lipinski definition) is 6. The van der Waals surface area contributed by atoms with E-state index in [4.69, 9.17) is 4.74 Å². The Hall–Kier alpha value is -3.32. The molecular formula is C21H20N6O. The predicted molar refractivity (Wildman–Crippen MR) is 108 cm³/mol. The van der Waals surface area contributed by atoms with Crippen molar-refractivity contribution < 1.29 is 4.74 Å². The Morgan fingerprint density at radius 3 is 2.61 bits per heavy atom. The molecule has 1 fully saturated rings. The van der Waals surface area contributed by atoms with Crippen LogP contribution in [0.1, 0.15) is 5.56 Å². The van der Waals surface area contributed by atoms with Gasteiger partial charge in [-0.05, 0) is 42.8 Å². The highest BCUT2D eigenvalue weighted by Gasteiger charge is 2.15. The van der Waals surface area contributed by atoms with Gasteiger partial charge in [-0.2, -0.15) is 5.10 Å². The molecule has 0 spiro atoms. The summed E-state index contributed by atoms with van der Waals surface area (Å²) < 4.78 is 5.45. The highest BCUT2D eigenvalue weighted by molar-refractivity contribution is 5.95. The number of nitrogens with zero attached hydrogens (tertiary/aromatic N) is 5. The first-order valence-corrected chi connectivity index (χ1v) is 9.34. The first-order valence-electron chi connectivity index (χ1n) is 9.34. The summed E-state index contributed by atoms with van der Waals surface area (Å²) in [6.45, 7) is 5.16. The van der Waals surface area contributed by atoms with Crippen LogP contribution >= 0.6 is 0 Å². The Morgan fingerprint density at radius 1 is 0.964 bits per heavy atom. The molecule has 1 aliphatic rings. The van der Waals surface area contributed by atoms with Crippen LogP contribution in [0.3, 0.4) is 0 Å². The van der Waals surface area contributed by atoms with Gasteiger partial charge in [-0.15, -0.1) is 0 Å². The monoisotopic (exact) mass is 372 g/mol. The van der Waals surface area contributed by atoms with Crippen LogP contribution in [0.25, 0.3) is 33.5 Å². The van der Waals surface area contributed by atoms with Gasteiger partial charge in [0.2, 0.25) is 0 Å². The molecule has 140 valence electrons. The van der Waals surface area contributed by atoms with Crippen molar-refractivity contribution in [3.63, 3.8) is 0 Å². The summed E-state index contributed by atoms with van der Waals surface area (Å²) in [6.07, 6.45) is 5.51. The van der Waals surface area contributed by atoms with Crippen LogP contribution in [0.15, 0.2) is 48.9 Å². The number of pyridine rings is 1. The molecule has 0 unspecified atom stereocenters. The quantitative estimate of drug-likeness (QED) is 0.595. The number of aromatic nitrogens is 5. The zero-order valence-corrected chi connectivity index (χ0v) is 15.6. The minimum Gasteiger partial charge on any atom is -0.378 e. The maximum absolute atomic E-state index is 5.45. The van der Waals surface area contributed by atoms with Gasteiger partial charge in [-0.3, -0.25) is 5.10 Å². The molecule has 0 amide bonds. The number of aryl methyl sites for hydroxylation is 1. The number of nitrogens with one attached hydrogen (secondary N) is 1. The Bertz CT molecular complexity index is 1120. The molecule has 28 heavy (non-hydrogen) atoms. The van der Waals surface area contributed by atoms with Crippen LogP contribution in [0, 0.1) is 6.92 Å². The standard InChI is InChI=1S/C21H20N6O/c1-14-12-23-21(24-13-14)16-2-3-18-17(10-16)20(26-25-18)15-4-5-22-19(11-15)27-6-8-28-9-7-27/h2-5,10-13H,6-9H2,1H3,(H,25,26). The average molecular weight is 372 g/mol. The third kappa shape index (κ3) is 3.10. The number of anilines is 1. The Kier molecular flexibility index (Phi) is 4.21. The second-order valence-electron chi connectivity index (χ2n) is 6.92. The van der Waals surface area contributed by atoms with Crippen molar-refractivity contribution >= 4 is 16.7 Å². The number of aromatic amines is 1. The van der Waals surface area contributed by atoms with E-state index in [-0.39, 0.29) is 0 Å². The highest BCUT2D eigenvalue weighted by Crippen LogP contribution is 2.30. The van der Waals surface area contributed by atoms with Crippen LogP contribution in [0.2, 0.25) is 0 Å². The Balaban J connectivity index is 1.55. The fourth-order valence-electron chi connectivity index (χ4n) is 3.45. The van der Waals surface area contributed by atoms with Crippen molar-refractivity contribution in [1.82, 2.24) is 25.1 Å². The van der Waals surface area contributed by atoms with Crippen LogP contribution in [0.4, 0.5) is 5.82 Å². The van der Waals surface area contributed by atoms with Crippen LogP contribution < -0.4 is 4.90 Å². The number of ether oxygens (including phenoxy) is 1. The summed E-state index contributed by atoms with van der Waals surface area (Å²) in [5, 5.41) is 8.73. The SMILES string of the molecule is Cc1cnc(-c2ccc3[nH]nc(-c4ccnc(N5CCOCC5)c4)c3c2)nc1. The minimum atomic E-state index is 0.711. The van der Waals surface area contributed by atoms with E-state index < -0.39 is 0 Å². The van der Waals surface area contributed by atoms with Gasteiger partial charge in [0.05, 0.1) is 18.7 Å². The minimum absolute atomic E-state index is 0.711. The first kappa shape index (κ1) is 16.8. The van der Waals surface area contributed by atoms with E-state index in [9.17, 15) is 0 Å². The van der Waals surface area contributed by atoms with Crippen molar-refractivity contribution in [2.45, 2.75) is 6.92 Å². The molecule has 0 atom stereocenters. The Labute approximate surface area is 162 Å². The molecular weight excluding hydrogens is 352 g/mol. The van der Waals surface area contributed by atoms with Gasteiger partial charge >= 0.3 is 0 Å². The normalized spacial score (nSPS) is 14.5. The van der Waals surface area contributed by atoms with Crippen molar-refractivity contribution in [1.29, 1.82) is 0 Å². The first-order chi connectivity index (χ1) is 13.8. The molecule has 0 radical (unpaired) electrons. The molecule has 7 nitrogen and oxygen atoms in total. The van der Waals surface area contributed by atoms with Crippen LogP contribution in [-0.2, 0) is 4.74 Å². The number of morpholine rings is 1. The number of H-pyrrole nitrogens is 1. The lowest BCUT2D eigenvalue weighted by Crippen LogP contribution is -2.36. The molecule has 1 aliphatic heterocycles. The largest absolute Gasteiger partial charge is 0.378 e. The molecule has 4 aromatic rings. The second-order valence-corrected chi connectivity index (χ2v) is 6.92. The lowest BCUT2D eigenvalue weighted by Gasteiger charge is -2.27. The second kappa shape index (κ2) is 7.01. The maximum Gasteiger partial charge on any atom is 0.159 e. The lowest BCUT2D eigenvalue weighted by molar-refractivity contribution is 0.122. The van der Waals surface area contributed by atoms with Gasteiger partial charge < -0.3 is 9.64 Å². The van der Waals surface area contributed by atoms with Crippen LogP contribution in [0.5, 0.6) is 0 Å². The molecule has 5 rings (SSSR count). The molecule has 4 heterocycles. The van der Waals surface area contributed by atoms with E-state index >= 15 is 0 Å². The molecule has 1 aromatic carbocycles. The summed E-state index contributed by atoms with van der Waals surface area (Å²) in [7, 11) is 0. The summed E-state index contributed by atoms with van der Waals surface area (Å²) in [5.41, 5.74) is 4.93. The van der Waals surface area contributed by atoms with Gasteiger partial charge in [-0.25, -0.2) is 15.0 Å². The third-order valence-electron chi connectivity index (χ3n) is 4.96. The molecule has 0 aliphatic carbocycles. The average Bonchev–Trinajstić information content (AvgIpc) is 3.18. The smallest absolute Gasteiger partial charge is 0.159 e. The molecule has 0 saturated carbocycles.